The van der Waals surface area contributed by atoms with Crippen LogP contribution in [0, 0.1) is 5.82 Å². The maximum Gasteiger partial charge on any atom is 0.342 e. The van der Waals surface area contributed by atoms with Crippen LogP contribution < -0.4 is 5.56 Å². The molecule has 1 aromatic carbocycles. The smallest absolute Gasteiger partial charge is 0.342 e. The molecule has 6 nitrogen and oxygen atoms in total. The van der Waals surface area contributed by atoms with Crippen molar-refractivity contribution >= 4 is 5.97 Å². The zero-order valence-corrected chi connectivity index (χ0v) is 12.6. The number of hydrogen-bond donors (Lipinski definition) is 1. The third kappa shape index (κ3) is 3.40. The maximum absolute atomic E-state index is 13.0. The molecule has 0 aliphatic rings. The molecule has 0 radical (unpaired) electrons. The Bertz CT molecular complexity index is 900. The van der Waals surface area contributed by atoms with Gasteiger partial charge < -0.3 is 9.30 Å². The fraction of sp³-hybridized carbons (Fsp3) is 0.118. The molecule has 24 heavy (non-hydrogen) atoms. The molecule has 2 heterocycles. The highest BCUT2D eigenvalue weighted by molar-refractivity contribution is 5.95. The summed E-state index contributed by atoms with van der Waals surface area (Å²) in [6.07, 6.45) is 2.98. The third-order valence-corrected chi connectivity index (χ3v) is 3.46. The Kier molecular flexibility index (Phi) is 4.51. The average molecular weight is 327 g/mol. The summed E-state index contributed by atoms with van der Waals surface area (Å²) in [5.41, 5.74) is 1.17. The second-order valence-corrected chi connectivity index (χ2v) is 5.03. The number of nitrogens with zero attached hydrogens (tertiary/aromatic N) is 2. The minimum Gasteiger partial charge on any atom is -0.460 e. The lowest BCUT2D eigenvalue weighted by Gasteiger charge is -2.07. The lowest BCUT2D eigenvalue weighted by molar-refractivity contribution is 0.0491. The van der Waals surface area contributed by atoms with E-state index in [1.807, 2.05) is 0 Å². The van der Waals surface area contributed by atoms with Crippen molar-refractivity contribution in [1.29, 1.82) is 0 Å². The van der Waals surface area contributed by atoms with Gasteiger partial charge in [0.1, 0.15) is 18.0 Å². The van der Waals surface area contributed by atoms with Gasteiger partial charge in [0, 0.05) is 17.8 Å². The molecular weight excluding hydrogens is 313 g/mol. The molecule has 7 heteroatoms. The molecule has 0 fully saturated rings. The fourth-order valence-corrected chi connectivity index (χ4v) is 2.24. The van der Waals surface area contributed by atoms with Gasteiger partial charge in [-0.3, -0.25) is 9.89 Å². The molecule has 0 spiro atoms. The highest BCUT2D eigenvalue weighted by atomic mass is 19.1. The Labute approximate surface area is 136 Å². The van der Waals surface area contributed by atoms with Gasteiger partial charge in [0.2, 0.25) is 0 Å². The number of ether oxygens (including phenoxy) is 1. The molecule has 3 aromatic rings. The van der Waals surface area contributed by atoms with E-state index in [0.29, 0.717) is 11.3 Å². The zero-order valence-electron chi connectivity index (χ0n) is 12.6. The topological polar surface area (TPSA) is 77.0 Å². The van der Waals surface area contributed by atoms with Gasteiger partial charge in [-0.15, -0.1) is 0 Å². The molecule has 0 unspecified atom stereocenters. The van der Waals surface area contributed by atoms with Crippen molar-refractivity contribution in [3.63, 3.8) is 0 Å². The molecule has 0 saturated heterocycles. The van der Waals surface area contributed by atoms with E-state index in [1.165, 1.54) is 29.0 Å². The first-order chi connectivity index (χ1) is 11.6. The number of H-pyrrole nitrogens is 1. The normalized spacial score (nSPS) is 10.5. The van der Waals surface area contributed by atoms with Crippen molar-refractivity contribution in [2.45, 2.75) is 6.54 Å². The van der Waals surface area contributed by atoms with Gasteiger partial charge in [0.25, 0.3) is 5.56 Å². The van der Waals surface area contributed by atoms with Crippen LogP contribution in [0.3, 0.4) is 0 Å². The van der Waals surface area contributed by atoms with Crippen molar-refractivity contribution < 1.29 is 13.9 Å². The number of nitrogens with one attached hydrogen (secondary N) is 1. The average Bonchev–Trinajstić information content (AvgIpc) is 3.07. The van der Waals surface area contributed by atoms with E-state index in [4.69, 9.17) is 4.74 Å². The SMILES string of the molecule is O=C(OCCn1ccccc1=O)c1cn[nH]c1-c1ccc(F)cc1. The molecule has 2 aromatic heterocycles. The number of carbonyl (C=O) groups is 1. The largest absolute Gasteiger partial charge is 0.460 e. The van der Waals surface area contributed by atoms with Crippen LogP contribution in [0.1, 0.15) is 10.4 Å². The summed E-state index contributed by atoms with van der Waals surface area (Å²) in [4.78, 5) is 23.8. The predicted octanol–water partition coefficient (Wildman–Crippen LogP) is 2.23. The van der Waals surface area contributed by atoms with Gasteiger partial charge >= 0.3 is 5.97 Å². The van der Waals surface area contributed by atoms with E-state index in [9.17, 15) is 14.0 Å². The van der Waals surface area contributed by atoms with E-state index in [2.05, 4.69) is 10.2 Å². The second kappa shape index (κ2) is 6.91. The van der Waals surface area contributed by atoms with Crippen LogP contribution in [0.15, 0.2) is 59.7 Å². The standard InChI is InChI=1S/C17H14FN3O3/c18-13-6-4-12(5-7-13)16-14(11-19-20-16)17(23)24-10-9-21-8-2-1-3-15(21)22/h1-8,11H,9-10H2,(H,19,20). The maximum atomic E-state index is 13.0. The molecule has 0 saturated carbocycles. The quantitative estimate of drug-likeness (QED) is 0.729. The number of aromatic amines is 1. The van der Waals surface area contributed by atoms with E-state index in [0.717, 1.165) is 0 Å². The Hall–Kier alpha value is -3.22. The lowest BCUT2D eigenvalue weighted by atomic mass is 10.1. The number of aromatic nitrogens is 3. The number of hydrogen-bond acceptors (Lipinski definition) is 4. The Morgan fingerprint density at radius 1 is 1.21 bits per heavy atom. The minimum absolute atomic E-state index is 0.0524. The molecule has 0 bridgehead atoms. The lowest BCUT2D eigenvalue weighted by Crippen LogP contribution is -2.21. The molecular formula is C17H14FN3O3. The summed E-state index contributed by atoms with van der Waals surface area (Å²) in [5, 5.41) is 6.56. The molecule has 0 atom stereocenters. The van der Waals surface area contributed by atoms with Crippen LogP contribution in [0.5, 0.6) is 0 Å². The third-order valence-electron chi connectivity index (χ3n) is 3.46. The second-order valence-electron chi connectivity index (χ2n) is 5.03. The zero-order chi connectivity index (χ0) is 16.9. The Morgan fingerprint density at radius 3 is 2.75 bits per heavy atom. The van der Waals surface area contributed by atoms with Crippen molar-refractivity contribution in [3.05, 3.63) is 76.6 Å². The number of esters is 1. The Morgan fingerprint density at radius 2 is 2.00 bits per heavy atom. The molecule has 0 aliphatic carbocycles. The van der Waals surface area contributed by atoms with E-state index in [1.54, 1.807) is 30.5 Å². The number of rotatable bonds is 5. The summed E-state index contributed by atoms with van der Waals surface area (Å²) in [7, 11) is 0. The van der Waals surface area contributed by atoms with Gasteiger partial charge in [-0.05, 0) is 30.3 Å². The van der Waals surface area contributed by atoms with Crippen LogP contribution in [0.4, 0.5) is 4.39 Å². The van der Waals surface area contributed by atoms with Gasteiger partial charge in [-0.1, -0.05) is 6.07 Å². The van der Waals surface area contributed by atoms with E-state index >= 15 is 0 Å². The van der Waals surface area contributed by atoms with Gasteiger partial charge in [0.05, 0.1) is 18.4 Å². The van der Waals surface area contributed by atoms with E-state index < -0.39 is 5.97 Å². The van der Waals surface area contributed by atoms with Crippen LogP contribution in [-0.2, 0) is 11.3 Å². The first kappa shape index (κ1) is 15.7. The number of benzene rings is 1. The van der Waals surface area contributed by atoms with Gasteiger partial charge in [0.15, 0.2) is 0 Å². The van der Waals surface area contributed by atoms with Crippen molar-refractivity contribution in [3.8, 4) is 11.3 Å². The van der Waals surface area contributed by atoms with Crippen molar-refractivity contribution in [1.82, 2.24) is 14.8 Å². The molecule has 122 valence electrons. The van der Waals surface area contributed by atoms with Crippen LogP contribution in [0.2, 0.25) is 0 Å². The summed E-state index contributed by atoms with van der Waals surface area (Å²) in [5.74, 6) is -0.928. The van der Waals surface area contributed by atoms with Crippen LogP contribution in [-0.4, -0.2) is 27.3 Å². The monoisotopic (exact) mass is 327 g/mol. The number of pyridine rings is 1. The van der Waals surface area contributed by atoms with Gasteiger partial charge in [-0.2, -0.15) is 5.10 Å². The first-order valence-corrected chi connectivity index (χ1v) is 7.27. The minimum atomic E-state index is -0.563. The number of halogens is 1. The highest BCUT2D eigenvalue weighted by Crippen LogP contribution is 2.21. The number of carbonyl (C=O) groups excluding carboxylic acids is 1. The fourth-order valence-electron chi connectivity index (χ4n) is 2.24. The molecule has 0 aliphatic heterocycles. The summed E-state index contributed by atoms with van der Waals surface area (Å²) >= 11 is 0. The summed E-state index contributed by atoms with van der Waals surface area (Å²) in [6.45, 7) is 0.311. The Balaban J connectivity index is 1.68. The predicted molar refractivity (Wildman–Crippen MR) is 85.0 cm³/mol. The van der Waals surface area contributed by atoms with Crippen molar-refractivity contribution in [2.24, 2.45) is 0 Å². The molecule has 1 N–H and O–H groups in total. The molecule has 0 amide bonds. The van der Waals surface area contributed by atoms with Gasteiger partial charge in [-0.25, -0.2) is 9.18 Å². The molecule has 3 rings (SSSR count). The summed E-state index contributed by atoms with van der Waals surface area (Å²) < 4.78 is 19.6. The first-order valence-electron chi connectivity index (χ1n) is 7.27. The summed E-state index contributed by atoms with van der Waals surface area (Å²) in [6, 6.07) is 10.5. The van der Waals surface area contributed by atoms with Crippen LogP contribution in [0.25, 0.3) is 11.3 Å². The van der Waals surface area contributed by atoms with E-state index in [-0.39, 0.29) is 30.1 Å². The van der Waals surface area contributed by atoms with Crippen molar-refractivity contribution in [2.75, 3.05) is 6.61 Å². The highest BCUT2D eigenvalue weighted by Gasteiger charge is 2.16. The van der Waals surface area contributed by atoms with Crippen LogP contribution >= 0.6 is 0 Å².